The number of hydrogen-bond donors (Lipinski definition) is 1. The Labute approximate surface area is 127 Å². The summed E-state index contributed by atoms with van der Waals surface area (Å²) >= 11 is 1.59. The molecule has 2 aromatic heterocycles. The topological polar surface area (TPSA) is 72.7 Å². The standard InChI is InChI=1S/C14H19N5OS/c20-13(15-8-11-4-2-1-3-5-11)9-19-17-14(16-18-19)12-6-7-21-10-12/h6-7,10-11H,1-5,8-9H2,(H,15,20). The minimum absolute atomic E-state index is 0.0464. The van der Waals surface area contributed by atoms with Gasteiger partial charge in [-0.05, 0) is 35.4 Å². The van der Waals surface area contributed by atoms with Gasteiger partial charge >= 0.3 is 0 Å². The Morgan fingerprint density at radius 3 is 3.00 bits per heavy atom. The molecule has 2 heterocycles. The maximum atomic E-state index is 11.9. The van der Waals surface area contributed by atoms with Gasteiger partial charge in [0.1, 0.15) is 6.54 Å². The first-order valence-corrected chi connectivity index (χ1v) is 8.32. The number of tetrazole rings is 1. The molecule has 0 spiro atoms. The zero-order valence-electron chi connectivity index (χ0n) is 11.9. The molecular formula is C14H19N5OS. The number of aromatic nitrogens is 4. The van der Waals surface area contributed by atoms with Crippen molar-refractivity contribution in [2.24, 2.45) is 5.92 Å². The second kappa shape index (κ2) is 6.80. The number of hydrogen-bond acceptors (Lipinski definition) is 5. The third-order valence-corrected chi connectivity index (χ3v) is 4.51. The monoisotopic (exact) mass is 305 g/mol. The van der Waals surface area contributed by atoms with E-state index in [0.29, 0.717) is 11.7 Å². The fourth-order valence-corrected chi connectivity index (χ4v) is 3.29. The average Bonchev–Trinajstić information content (AvgIpc) is 3.17. The minimum atomic E-state index is -0.0464. The fourth-order valence-electron chi connectivity index (χ4n) is 2.65. The van der Waals surface area contributed by atoms with Gasteiger partial charge in [0.2, 0.25) is 11.7 Å². The Hall–Kier alpha value is -1.76. The Morgan fingerprint density at radius 2 is 2.24 bits per heavy atom. The lowest BCUT2D eigenvalue weighted by Gasteiger charge is -2.21. The molecule has 6 nitrogen and oxygen atoms in total. The molecule has 3 rings (SSSR count). The van der Waals surface area contributed by atoms with Crippen molar-refractivity contribution < 1.29 is 4.79 Å². The van der Waals surface area contributed by atoms with Crippen molar-refractivity contribution in [3.05, 3.63) is 16.8 Å². The number of rotatable bonds is 5. The van der Waals surface area contributed by atoms with Crippen molar-refractivity contribution in [2.45, 2.75) is 38.6 Å². The second-order valence-corrected chi connectivity index (χ2v) is 6.24. The molecule has 0 atom stereocenters. The Kier molecular flexibility index (Phi) is 4.59. The van der Waals surface area contributed by atoms with Crippen LogP contribution >= 0.6 is 11.3 Å². The van der Waals surface area contributed by atoms with Gasteiger partial charge in [-0.3, -0.25) is 4.79 Å². The molecule has 0 aliphatic heterocycles. The van der Waals surface area contributed by atoms with E-state index < -0.39 is 0 Å². The maximum Gasteiger partial charge on any atom is 0.243 e. The number of thiophene rings is 1. The van der Waals surface area contributed by atoms with Gasteiger partial charge in [-0.2, -0.15) is 16.1 Å². The van der Waals surface area contributed by atoms with Crippen molar-refractivity contribution in [1.82, 2.24) is 25.5 Å². The fraction of sp³-hybridized carbons (Fsp3) is 0.571. The van der Waals surface area contributed by atoms with E-state index in [1.54, 1.807) is 11.3 Å². The van der Waals surface area contributed by atoms with E-state index in [1.165, 1.54) is 36.9 Å². The van der Waals surface area contributed by atoms with Crippen LogP contribution in [0.25, 0.3) is 11.4 Å². The third kappa shape index (κ3) is 3.87. The van der Waals surface area contributed by atoms with Crippen LogP contribution in [0.5, 0.6) is 0 Å². The lowest BCUT2D eigenvalue weighted by molar-refractivity contribution is -0.122. The minimum Gasteiger partial charge on any atom is -0.354 e. The van der Waals surface area contributed by atoms with Gasteiger partial charge in [-0.1, -0.05) is 19.3 Å². The first kappa shape index (κ1) is 14.2. The molecule has 0 bridgehead atoms. The van der Waals surface area contributed by atoms with Crippen LogP contribution in [0.1, 0.15) is 32.1 Å². The molecule has 0 radical (unpaired) electrons. The molecule has 1 saturated carbocycles. The Balaban J connectivity index is 1.48. The Morgan fingerprint density at radius 1 is 1.38 bits per heavy atom. The van der Waals surface area contributed by atoms with E-state index in [1.807, 2.05) is 16.8 Å². The molecule has 1 N–H and O–H groups in total. The van der Waals surface area contributed by atoms with E-state index >= 15 is 0 Å². The lowest BCUT2D eigenvalue weighted by Crippen LogP contribution is -2.33. The average molecular weight is 305 g/mol. The van der Waals surface area contributed by atoms with Crippen LogP contribution in [0.2, 0.25) is 0 Å². The van der Waals surface area contributed by atoms with Crippen LogP contribution in [0.3, 0.4) is 0 Å². The van der Waals surface area contributed by atoms with Gasteiger partial charge in [0.15, 0.2) is 0 Å². The summed E-state index contributed by atoms with van der Waals surface area (Å²) in [4.78, 5) is 13.3. The largest absolute Gasteiger partial charge is 0.354 e. The SMILES string of the molecule is O=C(Cn1nnc(-c2ccsc2)n1)NCC1CCCCC1. The number of nitrogens with one attached hydrogen (secondary N) is 1. The lowest BCUT2D eigenvalue weighted by atomic mass is 9.89. The molecule has 2 aromatic rings. The third-order valence-electron chi connectivity index (χ3n) is 3.83. The smallest absolute Gasteiger partial charge is 0.243 e. The normalized spacial score (nSPS) is 16.0. The van der Waals surface area contributed by atoms with E-state index in [2.05, 4.69) is 20.7 Å². The van der Waals surface area contributed by atoms with Crippen molar-refractivity contribution >= 4 is 17.2 Å². The first-order valence-electron chi connectivity index (χ1n) is 7.38. The van der Waals surface area contributed by atoms with Gasteiger partial charge in [0.05, 0.1) is 0 Å². The van der Waals surface area contributed by atoms with Gasteiger partial charge < -0.3 is 5.32 Å². The predicted octanol–water partition coefficient (Wildman–Crippen LogP) is 2.10. The zero-order chi connectivity index (χ0) is 14.5. The van der Waals surface area contributed by atoms with Crippen molar-refractivity contribution in [1.29, 1.82) is 0 Å². The molecule has 1 fully saturated rings. The van der Waals surface area contributed by atoms with Crippen molar-refractivity contribution in [3.8, 4) is 11.4 Å². The van der Waals surface area contributed by atoms with Crippen LogP contribution in [0.4, 0.5) is 0 Å². The molecule has 0 unspecified atom stereocenters. The van der Waals surface area contributed by atoms with Gasteiger partial charge in [-0.15, -0.1) is 10.2 Å². The number of amides is 1. The number of carbonyl (C=O) groups excluding carboxylic acids is 1. The highest BCUT2D eigenvalue weighted by molar-refractivity contribution is 7.08. The van der Waals surface area contributed by atoms with Gasteiger partial charge in [0.25, 0.3) is 0 Å². The maximum absolute atomic E-state index is 11.9. The Bertz CT molecular complexity index is 574. The summed E-state index contributed by atoms with van der Waals surface area (Å²) in [5.41, 5.74) is 0.939. The van der Waals surface area contributed by atoms with Crippen molar-refractivity contribution in [3.63, 3.8) is 0 Å². The first-order chi connectivity index (χ1) is 10.3. The predicted molar refractivity (Wildman–Crippen MR) is 80.7 cm³/mol. The van der Waals surface area contributed by atoms with E-state index in [4.69, 9.17) is 0 Å². The van der Waals surface area contributed by atoms with E-state index in [9.17, 15) is 4.79 Å². The van der Waals surface area contributed by atoms with Crippen molar-refractivity contribution in [2.75, 3.05) is 6.54 Å². The summed E-state index contributed by atoms with van der Waals surface area (Å²) in [7, 11) is 0. The molecule has 0 aromatic carbocycles. The van der Waals surface area contributed by atoms with Crippen LogP contribution in [-0.4, -0.2) is 32.7 Å². The second-order valence-electron chi connectivity index (χ2n) is 5.46. The molecular weight excluding hydrogens is 286 g/mol. The molecule has 21 heavy (non-hydrogen) atoms. The summed E-state index contributed by atoms with van der Waals surface area (Å²) in [5, 5.41) is 19.0. The highest BCUT2D eigenvalue weighted by atomic mass is 32.1. The van der Waals surface area contributed by atoms with E-state index in [0.717, 1.165) is 12.1 Å². The summed E-state index contributed by atoms with van der Waals surface area (Å²) in [6, 6.07) is 1.94. The summed E-state index contributed by atoms with van der Waals surface area (Å²) in [5.74, 6) is 1.15. The molecule has 1 aliphatic carbocycles. The summed E-state index contributed by atoms with van der Waals surface area (Å²) in [6.45, 7) is 0.898. The number of carbonyl (C=O) groups is 1. The zero-order valence-corrected chi connectivity index (χ0v) is 12.7. The summed E-state index contributed by atoms with van der Waals surface area (Å²) in [6.07, 6.45) is 6.36. The quantitative estimate of drug-likeness (QED) is 0.918. The van der Waals surface area contributed by atoms with Crippen LogP contribution < -0.4 is 5.32 Å². The van der Waals surface area contributed by atoms with Gasteiger partial charge in [0, 0.05) is 17.5 Å². The van der Waals surface area contributed by atoms with Crippen LogP contribution in [0.15, 0.2) is 16.8 Å². The van der Waals surface area contributed by atoms with Crippen LogP contribution in [0, 0.1) is 5.92 Å². The number of nitrogens with zero attached hydrogens (tertiary/aromatic N) is 4. The highest BCUT2D eigenvalue weighted by Gasteiger charge is 2.15. The summed E-state index contributed by atoms with van der Waals surface area (Å²) < 4.78 is 0. The highest BCUT2D eigenvalue weighted by Crippen LogP contribution is 2.22. The molecule has 0 saturated heterocycles. The molecule has 112 valence electrons. The van der Waals surface area contributed by atoms with Crippen LogP contribution in [-0.2, 0) is 11.3 Å². The molecule has 1 aliphatic rings. The van der Waals surface area contributed by atoms with E-state index in [-0.39, 0.29) is 12.5 Å². The van der Waals surface area contributed by atoms with Gasteiger partial charge in [-0.25, -0.2) is 0 Å². The molecule has 7 heteroatoms. The molecule has 1 amide bonds.